The van der Waals surface area contributed by atoms with Gasteiger partial charge in [-0.25, -0.2) is 0 Å². The average molecular weight is 309 g/mol. The summed E-state index contributed by atoms with van der Waals surface area (Å²) in [6, 6.07) is 3.96. The van der Waals surface area contributed by atoms with Gasteiger partial charge in [0, 0.05) is 6.54 Å². The summed E-state index contributed by atoms with van der Waals surface area (Å²) < 4.78 is 6.85. The first-order valence-electron chi connectivity index (χ1n) is 6.12. The zero-order valence-corrected chi connectivity index (χ0v) is 12.7. The minimum Gasteiger partial charge on any atom is -0.465 e. The number of nitrogens with zero attached hydrogens (tertiary/aromatic N) is 3. The lowest BCUT2D eigenvalue weighted by atomic mass is 10.4. The molecule has 0 unspecified atom stereocenters. The predicted molar refractivity (Wildman–Crippen MR) is 80.9 cm³/mol. The summed E-state index contributed by atoms with van der Waals surface area (Å²) in [5, 5.41) is 11.0. The van der Waals surface area contributed by atoms with Crippen molar-refractivity contribution < 1.29 is 9.53 Å². The molecule has 0 radical (unpaired) electrons. The maximum Gasteiger partial charge on any atom is 0.316 e. The van der Waals surface area contributed by atoms with Crippen LogP contribution in [0.4, 0.5) is 0 Å². The molecule has 5 nitrogen and oxygen atoms in total. The van der Waals surface area contributed by atoms with Crippen LogP contribution in [-0.2, 0) is 16.1 Å². The van der Waals surface area contributed by atoms with Gasteiger partial charge in [-0.15, -0.1) is 28.1 Å². The molecule has 0 aromatic carbocycles. The smallest absolute Gasteiger partial charge is 0.316 e. The molecule has 2 heterocycles. The second-order valence-corrected chi connectivity index (χ2v) is 5.67. The van der Waals surface area contributed by atoms with Crippen molar-refractivity contribution >= 4 is 29.1 Å². The highest BCUT2D eigenvalue weighted by Gasteiger charge is 2.15. The van der Waals surface area contributed by atoms with Crippen molar-refractivity contribution in [3.8, 4) is 10.7 Å². The Morgan fingerprint density at radius 1 is 1.60 bits per heavy atom. The van der Waals surface area contributed by atoms with Crippen LogP contribution in [0.25, 0.3) is 10.7 Å². The summed E-state index contributed by atoms with van der Waals surface area (Å²) in [5.41, 5.74) is 0. The molecule has 2 aromatic heterocycles. The minimum absolute atomic E-state index is 0.230. The van der Waals surface area contributed by atoms with Crippen LogP contribution in [0, 0.1) is 0 Å². The number of hydrogen-bond donors (Lipinski definition) is 0. The molecule has 0 aliphatic carbocycles. The molecule has 2 aromatic rings. The molecule has 20 heavy (non-hydrogen) atoms. The maximum atomic E-state index is 11.4. The summed E-state index contributed by atoms with van der Waals surface area (Å²) in [6.45, 7) is 6.53. The van der Waals surface area contributed by atoms with E-state index in [0.29, 0.717) is 18.3 Å². The first-order chi connectivity index (χ1) is 9.76. The van der Waals surface area contributed by atoms with Crippen molar-refractivity contribution in [3.05, 3.63) is 30.2 Å². The van der Waals surface area contributed by atoms with Crippen LogP contribution in [0.2, 0.25) is 0 Å². The number of thioether (sulfide) groups is 1. The lowest BCUT2D eigenvalue weighted by molar-refractivity contribution is -0.139. The fraction of sp³-hybridized carbons (Fsp3) is 0.308. The highest BCUT2D eigenvalue weighted by atomic mass is 32.2. The van der Waals surface area contributed by atoms with Gasteiger partial charge in [0.1, 0.15) is 0 Å². The monoisotopic (exact) mass is 309 g/mol. The van der Waals surface area contributed by atoms with Gasteiger partial charge < -0.3 is 4.74 Å². The lowest BCUT2D eigenvalue weighted by Crippen LogP contribution is -2.08. The van der Waals surface area contributed by atoms with Gasteiger partial charge in [-0.3, -0.25) is 9.36 Å². The summed E-state index contributed by atoms with van der Waals surface area (Å²) in [4.78, 5) is 12.4. The average Bonchev–Trinajstić information content (AvgIpc) is 3.06. The molecule has 0 aliphatic rings. The number of allylic oxidation sites excluding steroid dienone is 1. The van der Waals surface area contributed by atoms with Gasteiger partial charge in [-0.1, -0.05) is 23.9 Å². The normalized spacial score (nSPS) is 10.4. The lowest BCUT2D eigenvalue weighted by Gasteiger charge is -2.06. The number of rotatable bonds is 7. The Kier molecular flexibility index (Phi) is 5.37. The number of carbonyl (C=O) groups excluding carboxylic acids is 1. The molecule has 0 N–H and O–H groups in total. The molecule has 0 amide bonds. The number of ether oxygens (including phenoxy) is 1. The minimum atomic E-state index is -0.247. The van der Waals surface area contributed by atoms with E-state index >= 15 is 0 Å². The van der Waals surface area contributed by atoms with E-state index in [1.807, 2.05) is 22.1 Å². The molecule has 0 spiro atoms. The Morgan fingerprint density at radius 2 is 2.45 bits per heavy atom. The zero-order valence-electron chi connectivity index (χ0n) is 11.1. The van der Waals surface area contributed by atoms with E-state index in [1.165, 1.54) is 11.8 Å². The highest BCUT2D eigenvalue weighted by molar-refractivity contribution is 7.99. The molecular formula is C13H15N3O2S2. The first-order valence-corrected chi connectivity index (χ1v) is 7.99. The molecule has 7 heteroatoms. The van der Waals surface area contributed by atoms with Crippen LogP contribution in [-0.4, -0.2) is 33.1 Å². The topological polar surface area (TPSA) is 57.0 Å². The molecule has 0 saturated carbocycles. The Labute approximate surface area is 125 Å². The van der Waals surface area contributed by atoms with Gasteiger partial charge in [0.15, 0.2) is 11.0 Å². The van der Waals surface area contributed by atoms with Crippen molar-refractivity contribution in [3.63, 3.8) is 0 Å². The van der Waals surface area contributed by atoms with Crippen molar-refractivity contribution in [1.82, 2.24) is 14.8 Å². The predicted octanol–water partition coefficient (Wildman–Crippen LogP) is 2.85. The molecule has 0 fully saturated rings. The maximum absolute atomic E-state index is 11.4. The second-order valence-electron chi connectivity index (χ2n) is 3.78. The van der Waals surface area contributed by atoms with E-state index in [9.17, 15) is 4.79 Å². The van der Waals surface area contributed by atoms with E-state index in [1.54, 1.807) is 24.3 Å². The Morgan fingerprint density at radius 3 is 3.10 bits per heavy atom. The van der Waals surface area contributed by atoms with E-state index in [-0.39, 0.29) is 11.7 Å². The highest BCUT2D eigenvalue weighted by Crippen LogP contribution is 2.27. The van der Waals surface area contributed by atoms with Gasteiger partial charge in [-0.05, 0) is 18.4 Å². The van der Waals surface area contributed by atoms with E-state index in [2.05, 4.69) is 16.8 Å². The van der Waals surface area contributed by atoms with Crippen molar-refractivity contribution in [2.45, 2.75) is 18.6 Å². The van der Waals surface area contributed by atoms with Gasteiger partial charge in [-0.2, -0.15) is 0 Å². The Bertz CT molecular complexity index is 578. The number of thiophene rings is 1. The van der Waals surface area contributed by atoms with Crippen LogP contribution in [0.5, 0.6) is 0 Å². The summed E-state index contributed by atoms with van der Waals surface area (Å²) in [6.07, 6.45) is 1.79. The third-order valence-electron chi connectivity index (χ3n) is 2.39. The molecule has 0 bridgehead atoms. The largest absolute Gasteiger partial charge is 0.465 e. The van der Waals surface area contributed by atoms with Gasteiger partial charge in [0.25, 0.3) is 0 Å². The third kappa shape index (κ3) is 3.49. The fourth-order valence-electron chi connectivity index (χ4n) is 1.60. The summed E-state index contributed by atoms with van der Waals surface area (Å²) in [7, 11) is 0. The molecular weight excluding hydrogens is 294 g/mol. The van der Waals surface area contributed by atoms with Gasteiger partial charge in [0.2, 0.25) is 0 Å². The van der Waals surface area contributed by atoms with Crippen LogP contribution < -0.4 is 0 Å². The van der Waals surface area contributed by atoms with Crippen LogP contribution >= 0.6 is 23.1 Å². The fourth-order valence-corrected chi connectivity index (χ4v) is 3.07. The first kappa shape index (κ1) is 14.8. The van der Waals surface area contributed by atoms with Crippen LogP contribution in [0.3, 0.4) is 0 Å². The number of hydrogen-bond acceptors (Lipinski definition) is 6. The standard InChI is InChI=1S/C13H15N3O2S2/c1-3-7-16-12(10-6-5-8-19-10)14-15-13(16)20-9-11(17)18-4-2/h3,5-6,8H,1,4,7,9H2,2H3. The van der Waals surface area contributed by atoms with Gasteiger partial charge >= 0.3 is 5.97 Å². The quantitative estimate of drug-likeness (QED) is 0.447. The number of aromatic nitrogens is 3. The second kappa shape index (κ2) is 7.25. The number of esters is 1. The zero-order chi connectivity index (χ0) is 14.4. The van der Waals surface area contributed by atoms with Crippen LogP contribution in [0.15, 0.2) is 35.3 Å². The molecule has 2 rings (SSSR count). The number of carbonyl (C=O) groups is 1. The SMILES string of the molecule is C=CCn1c(SCC(=O)OCC)nnc1-c1cccs1. The van der Waals surface area contributed by atoms with Crippen molar-refractivity contribution in [2.75, 3.05) is 12.4 Å². The van der Waals surface area contributed by atoms with E-state index < -0.39 is 0 Å². The van der Waals surface area contributed by atoms with Crippen LogP contribution in [0.1, 0.15) is 6.92 Å². The summed E-state index contributed by atoms with van der Waals surface area (Å²) in [5.74, 6) is 0.780. The van der Waals surface area contributed by atoms with Crippen molar-refractivity contribution in [1.29, 1.82) is 0 Å². The molecule has 0 atom stereocenters. The van der Waals surface area contributed by atoms with Gasteiger partial charge in [0.05, 0.1) is 17.2 Å². The Hall–Kier alpha value is -1.60. The molecule has 0 aliphatic heterocycles. The summed E-state index contributed by atoms with van der Waals surface area (Å²) >= 11 is 2.93. The van der Waals surface area contributed by atoms with Crippen molar-refractivity contribution in [2.24, 2.45) is 0 Å². The van der Waals surface area contributed by atoms with E-state index in [0.717, 1.165) is 10.7 Å². The molecule has 106 valence electrons. The third-order valence-corrected chi connectivity index (χ3v) is 4.20. The van der Waals surface area contributed by atoms with E-state index in [4.69, 9.17) is 4.74 Å². The Balaban J connectivity index is 2.17. The molecule has 0 saturated heterocycles.